The van der Waals surface area contributed by atoms with Crippen LogP contribution in [0.3, 0.4) is 0 Å². The largest absolute Gasteiger partial charge is 0.368 e. The summed E-state index contributed by atoms with van der Waals surface area (Å²) in [5, 5.41) is 0.550. The molecule has 186 valence electrons. The Morgan fingerprint density at radius 3 is 2.08 bits per heavy atom. The minimum Gasteiger partial charge on any atom is -0.368 e. The molecule has 3 aromatic carbocycles. The molecule has 6 nitrogen and oxygen atoms in total. The molecular formula is C27H25F2N3O3S. The maximum Gasteiger partial charge on any atom is 0.242 e. The van der Waals surface area contributed by atoms with E-state index in [9.17, 15) is 22.0 Å². The number of aromatic nitrogens is 1. The summed E-state index contributed by atoms with van der Waals surface area (Å²) in [5.74, 6) is -1.08. The lowest BCUT2D eigenvalue weighted by Crippen LogP contribution is -2.49. The van der Waals surface area contributed by atoms with Crippen LogP contribution in [0.1, 0.15) is 5.56 Å². The van der Waals surface area contributed by atoms with Gasteiger partial charge in [-0.25, -0.2) is 17.2 Å². The number of fused-ring (bicyclic) bond motifs is 1. The van der Waals surface area contributed by atoms with Gasteiger partial charge in [0.25, 0.3) is 0 Å². The Hall–Kier alpha value is -3.72. The molecule has 0 atom stereocenters. The smallest absolute Gasteiger partial charge is 0.242 e. The van der Waals surface area contributed by atoms with E-state index in [1.54, 1.807) is 45.9 Å². The number of carbonyl (C=O) groups is 1. The summed E-state index contributed by atoms with van der Waals surface area (Å²) in [4.78, 5) is 17.2. The average molecular weight is 510 g/mol. The molecule has 5 rings (SSSR count). The van der Waals surface area contributed by atoms with Crippen molar-refractivity contribution in [2.24, 2.45) is 0 Å². The van der Waals surface area contributed by atoms with Crippen LogP contribution in [0, 0.1) is 11.6 Å². The van der Waals surface area contributed by atoms with Crippen molar-refractivity contribution in [1.82, 2.24) is 9.47 Å². The first kappa shape index (κ1) is 24.0. The molecule has 2 heterocycles. The summed E-state index contributed by atoms with van der Waals surface area (Å²) in [5.41, 5.74) is 2.06. The predicted molar refractivity (Wildman–Crippen MR) is 134 cm³/mol. The molecule has 0 bridgehead atoms. The number of piperazine rings is 1. The molecule has 4 aromatic rings. The molecule has 1 saturated heterocycles. The first-order valence-corrected chi connectivity index (χ1v) is 13.3. The molecule has 0 N–H and O–H groups in total. The van der Waals surface area contributed by atoms with Gasteiger partial charge in [-0.1, -0.05) is 30.3 Å². The zero-order valence-corrected chi connectivity index (χ0v) is 20.3. The Kier molecular flexibility index (Phi) is 6.49. The van der Waals surface area contributed by atoms with Crippen LogP contribution in [-0.2, 0) is 26.9 Å². The number of amides is 1. The third-order valence-corrected chi connectivity index (χ3v) is 8.20. The lowest BCUT2D eigenvalue weighted by atomic mass is 10.2. The number of nitrogens with zero attached hydrogens (tertiary/aromatic N) is 3. The second-order valence-corrected chi connectivity index (χ2v) is 10.8. The summed E-state index contributed by atoms with van der Waals surface area (Å²) < 4.78 is 54.7. The fourth-order valence-corrected chi connectivity index (χ4v) is 6.16. The highest BCUT2D eigenvalue weighted by Crippen LogP contribution is 2.28. The molecule has 1 aliphatic rings. The average Bonchev–Trinajstić information content (AvgIpc) is 3.25. The summed E-state index contributed by atoms with van der Waals surface area (Å²) in [7, 11) is -3.74. The third-order valence-electron chi connectivity index (χ3n) is 6.49. The molecule has 0 saturated carbocycles. The van der Waals surface area contributed by atoms with E-state index in [4.69, 9.17) is 0 Å². The summed E-state index contributed by atoms with van der Waals surface area (Å²) in [6.07, 6.45) is 1.52. The first-order chi connectivity index (χ1) is 17.3. The minimum atomic E-state index is -3.74. The van der Waals surface area contributed by atoms with Crippen molar-refractivity contribution in [3.8, 4) is 0 Å². The van der Waals surface area contributed by atoms with E-state index in [2.05, 4.69) is 4.90 Å². The number of halogens is 2. The Labute approximate surface area is 208 Å². The highest BCUT2D eigenvalue weighted by molar-refractivity contribution is 7.90. The van der Waals surface area contributed by atoms with E-state index in [-0.39, 0.29) is 28.9 Å². The lowest BCUT2D eigenvalue weighted by Gasteiger charge is -2.36. The zero-order chi connectivity index (χ0) is 25.3. The van der Waals surface area contributed by atoms with Crippen LogP contribution >= 0.6 is 0 Å². The monoisotopic (exact) mass is 509 g/mol. The molecule has 9 heteroatoms. The Morgan fingerprint density at radius 2 is 1.42 bits per heavy atom. The van der Waals surface area contributed by atoms with Crippen LogP contribution in [0.4, 0.5) is 14.5 Å². The Morgan fingerprint density at radius 1 is 0.806 bits per heavy atom. The number of hydrogen-bond acceptors (Lipinski definition) is 4. The van der Waals surface area contributed by atoms with Crippen LogP contribution in [0.2, 0.25) is 0 Å². The fraction of sp³-hybridized carbons (Fsp3) is 0.222. The van der Waals surface area contributed by atoms with Crippen LogP contribution in [0.15, 0.2) is 83.9 Å². The van der Waals surface area contributed by atoms with Crippen molar-refractivity contribution >= 4 is 32.3 Å². The van der Waals surface area contributed by atoms with E-state index >= 15 is 0 Å². The van der Waals surface area contributed by atoms with Gasteiger partial charge in [-0.05, 0) is 48.0 Å². The predicted octanol–water partition coefficient (Wildman–Crippen LogP) is 4.24. The molecule has 36 heavy (non-hydrogen) atoms. The van der Waals surface area contributed by atoms with Gasteiger partial charge in [0.1, 0.15) is 18.2 Å². The molecule has 0 unspecified atom stereocenters. The van der Waals surface area contributed by atoms with Gasteiger partial charge in [0, 0.05) is 49.0 Å². The number of rotatable bonds is 6. The lowest BCUT2D eigenvalue weighted by molar-refractivity contribution is -0.132. The van der Waals surface area contributed by atoms with Crippen molar-refractivity contribution in [1.29, 1.82) is 0 Å². The van der Waals surface area contributed by atoms with Crippen molar-refractivity contribution in [3.05, 3.63) is 96.2 Å². The van der Waals surface area contributed by atoms with Gasteiger partial charge in [-0.2, -0.15) is 0 Å². The highest BCUT2D eigenvalue weighted by atomic mass is 32.2. The molecule has 0 aliphatic carbocycles. The topological polar surface area (TPSA) is 62.6 Å². The molecule has 1 aliphatic heterocycles. The Bertz CT molecular complexity index is 1490. The molecule has 1 aromatic heterocycles. The van der Waals surface area contributed by atoms with Crippen molar-refractivity contribution in [3.63, 3.8) is 0 Å². The zero-order valence-electron chi connectivity index (χ0n) is 19.5. The Balaban J connectivity index is 1.32. The maximum atomic E-state index is 13.3. The second-order valence-electron chi connectivity index (χ2n) is 8.87. The summed E-state index contributed by atoms with van der Waals surface area (Å²) in [6, 6.07) is 18.8. The van der Waals surface area contributed by atoms with Crippen LogP contribution in [-0.4, -0.2) is 50.0 Å². The van der Waals surface area contributed by atoms with Crippen LogP contribution in [0.25, 0.3) is 10.9 Å². The van der Waals surface area contributed by atoms with Crippen molar-refractivity contribution < 1.29 is 22.0 Å². The van der Waals surface area contributed by atoms with Gasteiger partial charge in [0.05, 0.1) is 10.6 Å². The van der Waals surface area contributed by atoms with Gasteiger partial charge in [-0.3, -0.25) is 4.79 Å². The number of benzene rings is 3. The standard InChI is InChI=1S/C27H25F2N3O3S/c28-21-7-5-20(6-8-21)19-36(34,35)26-17-32(25-4-2-1-3-24(25)26)18-27(33)31-15-13-30(14-16-31)23-11-9-22(29)10-12-23/h1-12,17H,13-16,18-19H2. The van der Waals surface area contributed by atoms with E-state index in [1.165, 1.54) is 42.6 Å². The number of anilines is 1. The van der Waals surface area contributed by atoms with Crippen LogP contribution < -0.4 is 4.90 Å². The normalized spacial score (nSPS) is 14.4. The summed E-state index contributed by atoms with van der Waals surface area (Å²) >= 11 is 0. The minimum absolute atomic E-state index is 0.0170. The van der Waals surface area contributed by atoms with Gasteiger partial charge in [0.2, 0.25) is 5.91 Å². The molecule has 1 amide bonds. The van der Waals surface area contributed by atoms with Gasteiger partial charge < -0.3 is 14.4 Å². The van der Waals surface area contributed by atoms with Crippen LogP contribution in [0.5, 0.6) is 0 Å². The highest BCUT2D eigenvalue weighted by Gasteiger charge is 2.25. The van der Waals surface area contributed by atoms with Crippen molar-refractivity contribution in [2.75, 3.05) is 31.1 Å². The van der Waals surface area contributed by atoms with E-state index < -0.39 is 15.7 Å². The second kappa shape index (κ2) is 9.73. The molecule has 0 spiro atoms. The number of para-hydroxylation sites is 1. The molecular weight excluding hydrogens is 484 g/mol. The summed E-state index contributed by atoms with van der Waals surface area (Å²) in [6.45, 7) is 2.31. The maximum absolute atomic E-state index is 13.3. The van der Waals surface area contributed by atoms with E-state index in [0.29, 0.717) is 42.6 Å². The quantitative estimate of drug-likeness (QED) is 0.390. The number of hydrogen-bond donors (Lipinski definition) is 0. The number of sulfone groups is 1. The van der Waals surface area contributed by atoms with Gasteiger partial charge in [-0.15, -0.1) is 0 Å². The van der Waals surface area contributed by atoms with E-state index in [1.807, 2.05) is 0 Å². The first-order valence-electron chi connectivity index (χ1n) is 11.6. The molecule has 0 radical (unpaired) electrons. The van der Waals surface area contributed by atoms with E-state index in [0.717, 1.165) is 5.69 Å². The van der Waals surface area contributed by atoms with Crippen molar-refractivity contribution in [2.45, 2.75) is 17.2 Å². The molecule has 1 fully saturated rings. The number of carbonyl (C=O) groups excluding carboxylic acids is 1. The third kappa shape index (κ3) is 4.97. The fourth-order valence-electron chi connectivity index (χ4n) is 4.58. The SMILES string of the molecule is O=C(Cn1cc(S(=O)(=O)Cc2ccc(F)cc2)c2ccccc21)N1CCN(c2ccc(F)cc2)CC1. The van der Waals surface area contributed by atoms with Gasteiger partial charge >= 0.3 is 0 Å². The van der Waals surface area contributed by atoms with Gasteiger partial charge in [0.15, 0.2) is 9.84 Å².